The number of methoxy groups -OCH3 is 1. The molecule has 1 aliphatic rings. The lowest BCUT2D eigenvalue weighted by Gasteiger charge is -2.31. The molecule has 7 nitrogen and oxygen atoms in total. The highest BCUT2D eigenvalue weighted by atomic mass is 32.2. The molecule has 2 aromatic rings. The molecule has 1 amide bonds. The number of anilines is 1. The van der Waals surface area contributed by atoms with Crippen molar-refractivity contribution in [2.24, 2.45) is 5.92 Å². The summed E-state index contributed by atoms with van der Waals surface area (Å²) in [6.45, 7) is 4.43. The van der Waals surface area contributed by atoms with Crippen molar-refractivity contribution in [2.45, 2.75) is 37.7 Å². The molecule has 0 bridgehead atoms. The number of hydrogen-bond acceptors (Lipinski definition) is 5. The van der Waals surface area contributed by atoms with E-state index < -0.39 is 15.9 Å². The van der Waals surface area contributed by atoms with Crippen LogP contribution in [-0.4, -0.2) is 44.9 Å². The minimum absolute atomic E-state index is 0.0333. The van der Waals surface area contributed by atoms with Crippen LogP contribution in [0.4, 0.5) is 5.69 Å². The number of nitrogens with zero attached hydrogens (tertiary/aromatic N) is 1. The summed E-state index contributed by atoms with van der Waals surface area (Å²) >= 11 is 0. The molecule has 1 N–H and O–H groups in total. The lowest BCUT2D eigenvalue weighted by atomic mass is 9.98. The van der Waals surface area contributed by atoms with Crippen molar-refractivity contribution in [1.29, 1.82) is 0 Å². The van der Waals surface area contributed by atoms with Gasteiger partial charge in [0.2, 0.25) is 15.9 Å². The molecule has 1 aliphatic heterocycles. The van der Waals surface area contributed by atoms with Crippen molar-refractivity contribution >= 4 is 21.6 Å². The van der Waals surface area contributed by atoms with Crippen LogP contribution >= 0.6 is 0 Å². The summed E-state index contributed by atoms with van der Waals surface area (Å²) < 4.78 is 38.1. The lowest BCUT2D eigenvalue weighted by molar-refractivity contribution is -0.120. The van der Waals surface area contributed by atoms with E-state index in [1.165, 1.54) is 23.5 Å². The van der Waals surface area contributed by atoms with Gasteiger partial charge >= 0.3 is 0 Å². The summed E-state index contributed by atoms with van der Waals surface area (Å²) in [4.78, 5) is 13.0. The molecular formula is C22H28N2O5S. The van der Waals surface area contributed by atoms with Crippen molar-refractivity contribution in [1.82, 2.24) is 4.31 Å². The maximum atomic E-state index is 13.0. The maximum Gasteiger partial charge on any atom is 0.243 e. The molecule has 1 heterocycles. The van der Waals surface area contributed by atoms with Crippen molar-refractivity contribution in [3.05, 3.63) is 48.5 Å². The predicted molar refractivity (Wildman–Crippen MR) is 115 cm³/mol. The van der Waals surface area contributed by atoms with Gasteiger partial charge < -0.3 is 14.8 Å². The van der Waals surface area contributed by atoms with Crippen LogP contribution in [0.5, 0.6) is 11.5 Å². The molecular weight excluding hydrogens is 404 g/mol. The van der Waals surface area contributed by atoms with Gasteiger partial charge in [0.15, 0.2) is 0 Å². The smallest absolute Gasteiger partial charge is 0.243 e. The predicted octanol–water partition coefficient (Wildman–Crippen LogP) is 3.52. The number of amides is 1. The van der Waals surface area contributed by atoms with Gasteiger partial charge in [-0.1, -0.05) is 6.07 Å². The molecule has 3 rings (SSSR count). The molecule has 30 heavy (non-hydrogen) atoms. The highest BCUT2D eigenvalue weighted by molar-refractivity contribution is 7.89. The van der Waals surface area contributed by atoms with E-state index in [4.69, 9.17) is 9.47 Å². The first kappa shape index (κ1) is 22.1. The molecule has 1 unspecified atom stereocenters. The van der Waals surface area contributed by atoms with Crippen LogP contribution in [0.25, 0.3) is 0 Å². The van der Waals surface area contributed by atoms with Crippen molar-refractivity contribution in [3.63, 3.8) is 0 Å². The number of rotatable bonds is 7. The van der Waals surface area contributed by atoms with Gasteiger partial charge in [0, 0.05) is 24.8 Å². The first-order chi connectivity index (χ1) is 14.3. The van der Waals surface area contributed by atoms with Gasteiger partial charge in [-0.15, -0.1) is 0 Å². The van der Waals surface area contributed by atoms with Gasteiger partial charge in [0.1, 0.15) is 11.5 Å². The molecule has 0 saturated carbocycles. The average molecular weight is 433 g/mol. The molecule has 0 aliphatic carbocycles. The number of carbonyl (C=O) groups excluding carboxylic acids is 1. The fraction of sp³-hybridized carbons (Fsp3) is 0.409. The Morgan fingerprint density at radius 3 is 2.53 bits per heavy atom. The van der Waals surface area contributed by atoms with Crippen LogP contribution in [0, 0.1) is 5.92 Å². The average Bonchev–Trinajstić information content (AvgIpc) is 2.73. The second-order valence-corrected chi connectivity index (χ2v) is 9.50. The Bertz CT molecular complexity index is 973. The van der Waals surface area contributed by atoms with Gasteiger partial charge in [-0.05, 0) is 63.1 Å². The third-order valence-corrected chi connectivity index (χ3v) is 6.80. The second-order valence-electron chi connectivity index (χ2n) is 7.56. The van der Waals surface area contributed by atoms with Crippen LogP contribution in [-0.2, 0) is 14.8 Å². The third-order valence-electron chi connectivity index (χ3n) is 4.93. The zero-order chi connectivity index (χ0) is 21.7. The normalized spacial score (nSPS) is 17.5. The molecule has 1 fully saturated rings. The topological polar surface area (TPSA) is 84.9 Å². The lowest BCUT2D eigenvalue weighted by Crippen LogP contribution is -2.43. The molecule has 8 heteroatoms. The summed E-state index contributed by atoms with van der Waals surface area (Å²) in [5.41, 5.74) is 0.633. The van der Waals surface area contributed by atoms with Gasteiger partial charge in [0.05, 0.1) is 24.0 Å². The van der Waals surface area contributed by atoms with Crippen LogP contribution in [0.2, 0.25) is 0 Å². The summed E-state index contributed by atoms with van der Waals surface area (Å²) in [6, 6.07) is 13.5. The number of benzene rings is 2. The molecule has 0 aromatic heterocycles. The van der Waals surface area contributed by atoms with Gasteiger partial charge in [-0.25, -0.2) is 8.42 Å². The standard InChI is InChI=1S/C22H28N2O5S/c1-16(2)29-20-8-4-7-18(14-20)23-22(25)17-6-5-13-24(15-17)30(26,27)21-11-9-19(28-3)10-12-21/h4,7-12,14,16-17H,5-6,13,15H2,1-3H3,(H,23,25). The van der Waals surface area contributed by atoms with Crippen LogP contribution in [0.15, 0.2) is 53.4 Å². The maximum absolute atomic E-state index is 13.0. The van der Waals surface area contributed by atoms with E-state index in [0.717, 1.165) is 0 Å². The Balaban J connectivity index is 1.68. The summed E-state index contributed by atoms with van der Waals surface area (Å²) in [5.74, 6) is 0.663. The quantitative estimate of drug-likeness (QED) is 0.724. The first-order valence-electron chi connectivity index (χ1n) is 10.0. The largest absolute Gasteiger partial charge is 0.497 e. The van der Waals surface area contributed by atoms with Crippen LogP contribution in [0.3, 0.4) is 0 Å². The monoisotopic (exact) mass is 432 g/mol. The second kappa shape index (κ2) is 9.49. The van der Waals surface area contributed by atoms with E-state index in [1.54, 1.807) is 24.3 Å². The zero-order valence-corrected chi connectivity index (χ0v) is 18.3. The van der Waals surface area contributed by atoms with Gasteiger partial charge in [-0.3, -0.25) is 4.79 Å². The van der Waals surface area contributed by atoms with E-state index >= 15 is 0 Å². The number of ether oxygens (including phenoxy) is 2. The van der Waals surface area contributed by atoms with E-state index in [-0.39, 0.29) is 23.5 Å². The molecule has 0 radical (unpaired) electrons. The van der Waals surface area contributed by atoms with Gasteiger partial charge in [-0.2, -0.15) is 4.31 Å². The van der Waals surface area contributed by atoms with Crippen LogP contribution < -0.4 is 14.8 Å². The van der Waals surface area contributed by atoms with Crippen molar-refractivity contribution in [3.8, 4) is 11.5 Å². The minimum Gasteiger partial charge on any atom is -0.497 e. The van der Waals surface area contributed by atoms with E-state index in [0.29, 0.717) is 36.6 Å². The fourth-order valence-electron chi connectivity index (χ4n) is 3.44. The number of nitrogens with one attached hydrogen (secondary N) is 1. The highest BCUT2D eigenvalue weighted by Crippen LogP contribution is 2.26. The molecule has 0 spiro atoms. The Kier molecular flexibility index (Phi) is 6.99. The Morgan fingerprint density at radius 1 is 1.13 bits per heavy atom. The first-order valence-corrected chi connectivity index (χ1v) is 11.5. The molecule has 2 aromatic carbocycles. The Labute approximate surface area is 178 Å². The van der Waals surface area contributed by atoms with Crippen molar-refractivity contribution < 1.29 is 22.7 Å². The fourth-order valence-corrected chi connectivity index (χ4v) is 4.96. The van der Waals surface area contributed by atoms with E-state index in [9.17, 15) is 13.2 Å². The Hall–Kier alpha value is -2.58. The third kappa shape index (κ3) is 5.31. The van der Waals surface area contributed by atoms with E-state index in [1.807, 2.05) is 26.0 Å². The molecule has 162 valence electrons. The summed E-state index contributed by atoms with van der Waals surface area (Å²) in [5, 5.41) is 2.90. The molecule has 1 saturated heterocycles. The number of sulfonamides is 1. The SMILES string of the molecule is COc1ccc(S(=O)(=O)N2CCCC(C(=O)Nc3cccc(OC(C)C)c3)C2)cc1. The summed E-state index contributed by atoms with van der Waals surface area (Å²) in [7, 11) is -2.14. The summed E-state index contributed by atoms with van der Waals surface area (Å²) in [6.07, 6.45) is 1.30. The number of hydrogen-bond donors (Lipinski definition) is 1. The highest BCUT2D eigenvalue weighted by Gasteiger charge is 2.33. The van der Waals surface area contributed by atoms with Crippen LogP contribution in [0.1, 0.15) is 26.7 Å². The number of piperidine rings is 1. The van der Waals surface area contributed by atoms with Gasteiger partial charge in [0.25, 0.3) is 0 Å². The zero-order valence-electron chi connectivity index (χ0n) is 17.5. The number of carbonyl (C=O) groups is 1. The van der Waals surface area contributed by atoms with E-state index in [2.05, 4.69) is 5.32 Å². The minimum atomic E-state index is -3.67. The Morgan fingerprint density at radius 2 is 1.87 bits per heavy atom. The molecule has 1 atom stereocenters. The van der Waals surface area contributed by atoms with Crippen molar-refractivity contribution in [2.75, 3.05) is 25.5 Å².